The Morgan fingerprint density at radius 3 is 2.73 bits per heavy atom. The van der Waals surface area contributed by atoms with Crippen LogP contribution in [0.5, 0.6) is 0 Å². The van der Waals surface area contributed by atoms with Crippen LogP contribution in [-0.2, 0) is 5.60 Å². The molecule has 136 valence electrons. The largest absolute Gasteiger partial charge is 0.396 e. The molecule has 1 aliphatic carbocycles. The fraction of sp³-hybridized carbons (Fsp3) is 0.294. The number of anilines is 2. The van der Waals surface area contributed by atoms with Crippen molar-refractivity contribution >= 4 is 33.1 Å². The van der Waals surface area contributed by atoms with Gasteiger partial charge in [0, 0.05) is 27.9 Å². The van der Waals surface area contributed by atoms with Gasteiger partial charge in [-0.3, -0.25) is 0 Å². The summed E-state index contributed by atoms with van der Waals surface area (Å²) in [5, 5.41) is 11.5. The molecule has 0 saturated heterocycles. The van der Waals surface area contributed by atoms with Crippen LogP contribution in [0.25, 0.3) is 21.5 Å². The Morgan fingerprint density at radius 2 is 2.08 bits per heavy atom. The number of hydrogen-bond acceptors (Lipinski definition) is 7. The number of hydrazine groups is 1. The molecule has 3 aromatic rings. The molecule has 6 N–H and O–H groups in total. The fourth-order valence-corrected chi connectivity index (χ4v) is 4.38. The van der Waals surface area contributed by atoms with E-state index in [0.29, 0.717) is 22.1 Å². The lowest BCUT2D eigenvalue weighted by atomic mass is 9.70. The molecule has 0 unspecified atom stereocenters. The molecule has 0 atom stereocenters. The molecule has 26 heavy (non-hydrogen) atoms. The number of aromatic nitrogens is 2. The van der Waals surface area contributed by atoms with E-state index in [-0.39, 0.29) is 12.8 Å². The van der Waals surface area contributed by atoms with Gasteiger partial charge in [-0.05, 0) is 37.1 Å². The van der Waals surface area contributed by atoms with Crippen molar-refractivity contribution < 1.29 is 13.9 Å². The van der Waals surface area contributed by atoms with Gasteiger partial charge >= 0.3 is 0 Å². The van der Waals surface area contributed by atoms with Gasteiger partial charge in [0.05, 0.1) is 17.0 Å². The van der Waals surface area contributed by atoms with Gasteiger partial charge in [-0.1, -0.05) is 0 Å². The van der Waals surface area contributed by atoms with Crippen molar-refractivity contribution in [3.05, 3.63) is 35.3 Å². The number of nitrogens with two attached hydrogens (primary N) is 2. The zero-order valence-electron chi connectivity index (χ0n) is 13.6. The first kappa shape index (κ1) is 17.1. The van der Waals surface area contributed by atoms with Crippen molar-refractivity contribution in [2.45, 2.75) is 24.9 Å². The van der Waals surface area contributed by atoms with Crippen LogP contribution in [0.4, 0.5) is 20.3 Å². The molecule has 0 amide bonds. The molecule has 0 radical (unpaired) electrons. The van der Waals surface area contributed by atoms with E-state index in [9.17, 15) is 13.9 Å². The van der Waals surface area contributed by atoms with Crippen molar-refractivity contribution in [3.63, 3.8) is 0 Å². The summed E-state index contributed by atoms with van der Waals surface area (Å²) in [5.74, 6) is 4.97. The normalized spacial score (nSPS) is 22.6. The number of fused-ring (bicyclic) bond motifs is 1. The van der Waals surface area contributed by atoms with Gasteiger partial charge in [0.15, 0.2) is 5.82 Å². The fourth-order valence-electron chi connectivity index (χ4n) is 3.24. The van der Waals surface area contributed by atoms with E-state index < -0.39 is 17.9 Å². The average molecular weight is 377 g/mol. The van der Waals surface area contributed by atoms with Crippen LogP contribution in [-0.4, -0.2) is 21.5 Å². The lowest BCUT2D eigenvalue weighted by Crippen LogP contribution is -2.43. The molecule has 6 nitrogen and oxygen atoms in total. The number of thiophene rings is 1. The molecule has 1 saturated carbocycles. The smallest absolute Gasteiger partial charge is 0.241 e. The summed E-state index contributed by atoms with van der Waals surface area (Å²) in [6, 6.07) is 7.26. The Hall–Kier alpha value is -2.36. The summed E-state index contributed by atoms with van der Waals surface area (Å²) in [6.07, 6.45) is -0.615. The van der Waals surface area contributed by atoms with Crippen LogP contribution < -0.4 is 17.0 Å². The molecule has 0 aliphatic heterocycles. The zero-order valence-corrected chi connectivity index (χ0v) is 14.4. The lowest BCUT2D eigenvalue weighted by Gasteiger charge is -2.42. The second-order valence-electron chi connectivity index (χ2n) is 6.54. The molecule has 0 spiro atoms. The van der Waals surface area contributed by atoms with Gasteiger partial charge in [-0.15, -0.1) is 11.3 Å². The standard InChI is InChI=1S/C17H17F2N5OS/c18-14(19)10-5-17(25,6-10)13-4-8-1-2-12(23-16(8)26-13)9-3-11(20)15(24-21)22-7-9/h1-4,7,10,14,25H,5-6,20-21H2,(H,22,24). The minimum absolute atomic E-state index is 0.0817. The maximum absolute atomic E-state index is 12.7. The van der Waals surface area contributed by atoms with Gasteiger partial charge in [0.1, 0.15) is 4.83 Å². The van der Waals surface area contributed by atoms with Crippen molar-refractivity contribution in [1.82, 2.24) is 9.97 Å². The van der Waals surface area contributed by atoms with Crippen LogP contribution in [0, 0.1) is 5.92 Å². The van der Waals surface area contributed by atoms with Crippen molar-refractivity contribution in [1.29, 1.82) is 0 Å². The second-order valence-corrected chi connectivity index (χ2v) is 7.57. The predicted molar refractivity (Wildman–Crippen MR) is 97.7 cm³/mol. The SMILES string of the molecule is NNc1ncc(-c2ccc3cc(C4(O)CC(C(F)F)C4)sc3n2)cc1N. The number of alkyl halides is 2. The first-order chi connectivity index (χ1) is 12.4. The first-order valence-corrected chi connectivity index (χ1v) is 8.85. The van der Waals surface area contributed by atoms with E-state index in [1.165, 1.54) is 11.3 Å². The minimum Gasteiger partial charge on any atom is -0.396 e. The van der Waals surface area contributed by atoms with E-state index in [4.69, 9.17) is 11.6 Å². The molecule has 9 heteroatoms. The van der Waals surface area contributed by atoms with Crippen LogP contribution in [0.3, 0.4) is 0 Å². The van der Waals surface area contributed by atoms with Gasteiger partial charge < -0.3 is 16.3 Å². The third kappa shape index (κ3) is 2.77. The number of hydrogen-bond donors (Lipinski definition) is 4. The number of halogens is 2. The highest BCUT2D eigenvalue weighted by atomic mass is 32.1. The maximum Gasteiger partial charge on any atom is 0.241 e. The predicted octanol–water partition coefficient (Wildman–Crippen LogP) is 3.09. The van der Waals surface area contributed by atoms with Crippen molar-refractivity contribution in [2.24, 2.45) is 11.8 Å². The van der Waals surface area contributed by atoms with Crippen LogP contribution in [0.2, 0.25) is 0 Å². The van der Waals surface area contributed by atoms with Gasteiger partial charge in [-0.25, -0.2) is 24.6 Å². The minimum atomic E-state index is -2.39. The van der Waals surface area contributed by atoms with Crippen LogP contribution in [0.1, 0.15) is 17.7 Å². The van der Waals surface area contributed by atoms with Gasteiger partial charge in [-0.2, -0.15) is 0 Å². The molecule has 1 aliphatic rings. The Balaban J connectivity index is 1.65. The van der Waals surface area contributed by atoms with E-state index in [1.54, 1.807) is 12.3 Å². The first-order valence-electron chi connectivity index (χ1n) is 8.04. The molecule has 4 rings (SSSR count). The summed E-state index contributed by atoms with van der Waals surface area (Å²) in [4.78, 5) is 10.1. The molecule has 0 aromatic carbocycles. The Bertz CT molecular complexity index is 971. The molecular formula is C17H17F2N5OS. The van der Waals surface area contributed by atoms with Gasteiger partial charge in [0.2, 0.25) is 6.43 Å². The zero-order chi connectivity index (χ0) is 18.5. The topological polar surface area (TPSA) is 110 Å². The second kappa shape index (κ2) is 6.11. The highest BCUT2D eigenvalue weighted by molar-refractivity contribution is 7.18. The summed E-state index contributed by atoms with van der Waals surface area (Å²) < 4.78 is 25.4. The summed E-state index contributed by atoms with van der Waals surface area (Å²) in [5.41, 5.74) is 8.94. The number of aliphatic hydroxyl groups is 1. The molecule has 0 bridgehead atoms. The highest BCUT2D eigenvalue weighted by Gasteiger charge is 2.48. The average Bonchev–Trinajstić information content (AvgIpc) is 3.02. The van der Waals surface area contributed by atoms with E-state index in [2.05, 4.69) is 15.4 Å². The number of rotatable bonds is 4. The number of nitrogens with zero attached hydrogens (tertiary/aromatic N) is 2. The van der Waals surface area contributed by atoms with E-state index in [1.807, 2.05) is 18.2 Å². The van der Waals surface area contributed by atoms with E-state index >= 15 is 0 Å². The quantitative estimate of drug-likeness (QED) is 0.411. The highest BCUT2D eigenvalue weighted by Crippen LogP contribution is 2.50. The third-order valence-corrected chi connectivity index (χ3v) is 5.99. The molecular weight excluding hydrogens is 360 g/mol. The summed E-state index contributed by atoms with van der Waals surface area (Å²) >= 11 is 1.32. The van der Waals surface area contributed by atoms with Crippen LogP contribution in [0.15, 0.2) is 30.5 Å². The molecule has 3 heterocycles. The van der Waals surface area contributed by atoms with E-state index in [0.717, 1.165) is 15.8 Å². The maximum atomic E-state index is 12.7. The Kier molecular flexibility index (Phi) is 4.02. The monoisotopic (exact) mass is 377 g/mol. The number of nitrogen functional groups attached to an aromatic ring is 2. The molecule has 3 aromatic heterocycles. The Labute approximate surface area is 151 Å². The van der Waals surface area contributed by atoms with Crippen LogP contribution >= 0.6 is 11.3 Å². The van der Waals surface area contributed by atoms with Crippen molar-refractivity contribution in [2.75, 3.05) is 11.2 Å². The third-order valence-electron chi connectivity index (χ3n) is 4.75. The lowest BCUT2D eigenvalue weighted by molar-refractivity contribution is -0.124. The Morgan fingerprint density at radius 1 is 1.31 bits per heavy atom. The van der Waals surface area contributed by atoms with Crippen molar-refractivity contribution in [3.8, 4) is 11.3 Å². The summed E-state index contributed by atoms with van der Waals surface area (Å²) in [6.45, 7) is 0. The number of nitrogens with one attached hydrogen (secondary N) is 1. The van der Waals surface area contributed by atoms with Gasteiger partial charge in [0.25, 0.3) is 0 Å². The number of pyridine rings is 2. The summed E-state index contributed by atoms with van der Waals surface area (Å²) in [7, 11) is 0. The molecule has 1 fully saturated rings.